The Kier molecular flexibility index (Phi) is 4.83. The van der Waals surface area contributed by atoms with E-state index >= 15 is 0 Å². The average molecular weight is 370 g/mol. The molecule has 0 aliphatic heterocycles. The minimum absolute atomic E-state index is 0.0474. The lowest BCUT2D eigenvalue weighted by atomic mass is 9.97. The first kappa shape index (κ1) is 17.8. The maximum absolute atomic E-state index is 11.0. The minimum Gasteiger partial charge on any atom is -0.452 e. The molecule has 0 saturated carbocycles. The lowest BCUT2D eigenvalue weighted by molar-refractivity contribution is 0.110. The molecule has 1 aromatic carbocycles. The summed E-state index contributed by atoms with van der Waals surface area (Å²) in [6.07, 6.45) is 4.25. The third kappa shape index (κ3) is 3.48. The summed E-state index contributed by atoms with van der Waals surface area (Å²) in [6, 6.07) is 17.0. The Hall–Kier alpha value is -3.57. The molecule has 3 aromatic heterocycles. The van der Waals surface area contributed by atoms with E-state index in [1.54, 1.807) is 18.3 Å². The molecule has 1 N–H and O–H groups in total. The van der Waals surface area contributed by atoms with E-state index in [1.165, 1.54) is 0 Å². The van der Waals surface area contributed by atoms with Gasteiger partial charge in [-0.15, -0.1) is 0 Å². The van der Waals surface area contributed by atoms with Crippen molar-refractivity contribution in [2.45, 2.75) is 13.5 Å². The second-order valence-corrected chi connectivity index (χ2v) is 6.49. The summed E-state index contributed by atoms with van der Waals surface area (Å²) in [5.41, 5.74) is 6.01. The zero-order chi connectivity index (χ0) is 19.5. The van der Waals surface area contributed by atoms with Crippen molar-refractivity contribution in [1.82, 2.24) is 9.97 Å². The number of aromatic nitrogens is 2. The van der Waals surface area contributed by atoms with Gasteiger partial charge < -0.3 is 9.52 Å². The summed E-state index contributed by atoms with van der Waals surface area (Å²) in [7, 11) is 0. The van der Waals surface area contributed by atoms with Gasteiger partial charge in [-0.2, -0.15) is 0 Å². The Morgan fingerprint density at radius 3 is 2.54 bits per heavy atom. The fourth-order valence-electron chi connectivity index (χ4n) is 3.06. The monoisotopic (exact) mass is 370 g/mol. The Bertz CT molecular complexity index is 1130. The fourth-order valence-corrected chi connectivity index (χ4v) is 3.06. The summed E-state index contributed by atoms with van der Waals surface area (Å²) in [5, 5.41) is 9.51. The first-order valence-electron chi connectivity index (χ1n) is 8.86. The van der Waals surface area contributed by atoms with Crippen molar-refractivity contribution in [3.63, 3.8) is 0 Å². The maximum Gasteiger partial charge on any atom is 0.185 e. The minimum atomic E-state index is -0.0474. The predicted molar refractivity (Wildman–Crippen MR) is 107 cm³/mol. The third-order valence-electron chi connectivity index (χ3n) is 4.53. The van der Waals surface area contributed by atoms with E-state index in [1.807, 2.05) is 55.6 Å². The molecule has 0 unspecified atom stereocenters. The molecule has 0 spiro atoms. The standard InChI is InChI=1S/C23H18N2O3/c1-15-5-6-18(11-24-15)19-10-21(17-4-2-3-16(9-17)13-26)23(25-12-19)22-8-7-20(14-27)28-22/h2-12,14,26H,13H2,1H3. The van der Waals surface area contributed by atoms with Crippen LogP contribution in [0.15, 0.2) is 71.4 Å². The zero-order valence-corrected chi connectivity index (χ0v) is 15.3. The summed E-state index contributed by atoms with van der Waals surface area (Å²) in [5.74, 6) is 0.763. The van der Waals surface area contributed by atoms with E-state index in [0.29, 0.717) is 17.7 Å². The van der Waals surface area contributed by atoms with Gasteiger partial charge in [0, 0.05) is 34.8 Å². The highest BCUT2D eigenvalue weighted by atomic mass is 16.3. The first-order valence-corrected chi connectivity index (χ1v) is 8.86. The topological polar surface area (TPSA) is 76.2 Å². The maximum atomic E-state index is 11.0. The van der Waals surface area contributed by atoms with Crippen molar-refractivity contribution in [1.29, 1.82) is 0 Å². The van der Waals surface area contributed by atoms with Crippen LogP contribution in [0.5, 0.6) is 0 Å². The molecule has 0 amide bonds. The highest BCUT2D eigenvalue weighted by Gasteiger charge is 2.15. The van der Waals surface area contributed by atoms with Gasteiger partial charge in [-0.3, -0.25) is 14.8 Å². The molecule has 0 saturated heterocycles. The summed E-state index contributed by atoms with van der Waals surface area (Å²) >= 11 is 0. The lowest BCUT2D eigenvalue weighted by Gasteiger charge is -2.11. The number of carbonyl (C=O) groups is 1. The summed E-state index contributed by atoms with van der Waals surface area (Å²) < 4.78 is 5.61. The molecule has 4 rings (SSSR count). The number of pyridine rings is 2. The van der Waals surface area contributed by atoms with E-state index < -0.39 is 0 Å². The number of aliphatic hydroxyl groups is 1. The third-order valence-corrected chi connectivity index (χ3v) is 4.53. The van der Waals surface area contributed by atoms with Gasteiger partial charge >= 0.3 is 0 Å². The number of aliphatic hydroxyl groups excluding tert-OH is 1. The fraction of sp³-hybridized carbons (Fsp3) is 0.0870. The van der Waals surface area contributed by atoms with Crippen LogP contribution in [-0.4, -0.2) is 21.4 Å². The van der Waals surface area contributed by atoms with Crippen LogP contribution in [-0.2, 0) is 6.61 Å². The number of rotatable bonds is 5. The van der Waals surface area contributed by atoms with Gasteiger partial charge in [-0.25, -0.2) is 0 Å². The van der Waals surface area contributed by atoms with Crippen LogP contribution in [0.4, 0.5) is 0 Å². The number of hydrogen-bond acceptors (Lipinski definition) is 5. The molecule has 28 heavy (non-hydrogen) atoms. The summed E-state index contributed by atoms with van der Waals surface area (Å²) in [6.45, 7) is 1.90. The Balaban J connectivity index is 1.90. The van der Waals surface area contributed by atoms with E-state index in [9.17, 15) is 9.90 Å². The second kappa shape index (κ2) is 7.58. The number of nitrogens with zero attached hydrogens (tertiary/aromatic N) is 2. The first-order chi connectivity index (χ1) is 13.7. The zero-order valence-electron chi connectivity index (χ0n) is 15.3. The smallest absolute Gasteiger partial charge is 0.185 e. The van der Waals surface area contributed by atoms with Crippen LogP contribution >= 0.6 is 0 Å². The van der Waals surface area contributed by atoms with Crippen molar-refractivity contribution >= 4 is 6.29 Å². The van der Waals surface area contributed by atoms with E-state index in [0.717, 1.165) is 33.5 Å². The molecule has 0 aliphatic carbocycles. The number of aldehydes is 1. The number of hydrogen-bond donors (Lipinski definition) is 1. The Labute approximate surface area is 162 Å². The van der Waals surface area contributed by atoms with E-state index in [4.69, 9.17) is 4.42 Å². The van der Waals surface area contributed by atoms with Gasteiger partial charge in [0.25, 0.3) is 0 Å². The molecule has 0 atom stereocenters. The van der Waals surface area contributed by atoms with Crippen molar-refractivity contribution in [2.24, 2.45) is 0 Å². The highest BCUT2D eigenvalue weighted by molar-refractivity contribution is 5.83. The van der Waals surface area contributed by atoms with E-state index in [2.05, 4.69) is 9.97 Å². The predicted octanol–water partition coefficient (Wildman–Crippen LogP) is 4.68. The van der Waals surface area contributed by atoms with Crippen LogP contribution in [0, 0.1) is 6.92 Å². The molecule has 0 aliphatic rings. The highest BCUT2D eigenvalue weighted by Crippen LogP contribution is 2.34. The number of benzene rings is 1. The largest absolute Gasteiger partial charge is 0.452 e. The molecular formula is C23H18N2O3. The molecular weight excluding hydrogens is 352 g/mol. The molecule has 138 valence electrons. The van der Waals surface area contributed by atoms with Crippen LogP contribution in [0.2, 0.25) is 0 Å². The van der Waals surface area contributed by atoms with Gasteiger partial charge in [-0.1, -0.05) is 24.3 Å². The Morgan fingerprint density at radius 1 is 0.964 bits per heavy atom. The molecule has 5 heteroatoms. The van der Waals surface area contributed by atoms with Crippen molar-refractivity contribution in [2.75, 3.05) is 0 Å². The van der Waals surface area contributed by atoms with Crippen molar-refractivity contribution in [3.05, 3.63) is 84.0 Å². The normalized spacial score (nSPS) is 10.8. The van der Waals surface area contributed by atoms with Crippen LogP contribution < -0.4 is 0 Å². The average Bonchev–Trinajstić information content (AvgIpc) is 3.23. The number of carbonyl (C=O) groups excluding carboxylic acids is 1. The van der Waals surface area contributed by atoms with Gasteiger partial charge in [-0.05, 0) is 48.4 Å². The van der Waals surface area contributed by atoms with Crippen LogP contribution in [0.3, 0.4) is 0 Å². The lowest BCUT2D eigenvalue weighted by Crippen LogP contribution is -1.92. The summed E-state index contributed by atoms with van der Waals surface area (Å²) in [4.78, 5) is 20.0. The Morgan fingerprint density at radius 2 is 1.82 bits per heavy atom. The molecule has 5 nitrogen and oxygen atoms in total. The number of furan rings is 1. The SMILES string of the molecule is Cc1ccc(-c2cnc(-c3ccc(C=O)o3)c(-c3cccc(CO)c3)c2)cn1. The van der Waals surface area contributed by atoms with Gasteiger partial charge in [0.15, 0.2) is 17.8 Å². The van der Waals surface area contributed by atoms with Gasteiger partial charge in [0.1, 0.15) is 5.69 Å². The molecule has 4 aromatic rings. The number of aryl methyl sites for hydroxylation is 1. The van der Waals surface area contributed by atoms with Gasteiger partial charge in [0.2, 0.25) is 0 Å². The second-order valence-electron chi connectivity index (χ2n) is 6.49. The van der Waals surface area contributed by atoms with Gasteiger partial charge in [0.05, 0.1) is 6.61 Å². The van der Waals surface area contributed by atoms with Crippen LogP contribution in [0.1, 0.15) is 21.8 Å². The molecule has 0 fully saturated rings. The van der Waals surface area contributed by atoms with Crippen molar-refractivity contribution in [3.8, 4) is 33.7 Å². The molecule has 0 bridgehead atoms. The molecule has 0 radical (unpaired) electrons. The van der Waals surface area contributed by atoms with E-state index in [-0.39, 0.29) is 12.4 Å². The molecule has 3 heterocycles. The van der Waals surface area contributed by atoms with Crippen molar-refractivity contribution < 1.29 is 14.3 Å². The van der Waals surface area contributed by atoms with Crippen LogP contribution in [0.25, 0.3) is 33.7 Å². The quantitative estimate of drug-likeness (QED) is 0.516.